The van der Waals surface area contributed by atoms with Crippen molar-refractivity contribution in [2.24, 2.45) is 5.73 Å². The van der Waals surface area contributed by atoms with E-state index in [1.807, 2.05) is 4.90 Å². The number of anilines is 1. The van der Waals surface area contributed by atoms with Crippen molar-refractivity contribution in [1.29, 1.82) is 0 Å². The first-order valence-corrected chi connectivity index (χ1v) is 7.22. The van der Waals surface area contributed by atoms with Crippen LogP contribution in [0.25, 0.3) is 0 Å². The zero-order valence-electron chi connectivity index (χ0n) is 11.3. The van der Waals surface area contributed by atoms with Crippen LogP contribution < -0.4 is 10.6 Å². The highest BCUT2D eigenvalue weighted by molar-refractivity contribution is 7.80. The number of thiocarbonyl (C=S) groups is 1. The highest BCUT2D eigenvalue weighted by Crippen LogP contribution is 2.29. The molecule has 1 aromatic carbocycles. The highest BCUT2D eigenvalue weighted by Gasteiger charge is 2.36. The number of nitrogens with zero attached hydrogens (tertiary/aromatic N) is 2. The summed E-state index contributed by atoms with van der Waals surface area (Å²) in [5.41, 5.74) is 5.48. The number of hydrogen-bond donors (Lipinski definition) is 1. The van der Waals surface area contributed by atoms with E-state index >= 15 is 0 Å². The summed E-state index contributed by atoms with van der Waals surface area (Å²) < 4.78 is 28.2. The number of hydrogen-bond acceptors (Lipinski definition) is 3. The summed E-state index contributed by atoms with van der Waals surface area (Å²) >= 11 is 4.70. The Morgan fingerprint density at radius 3 is 2.76 bits per heavy atom. The Morgan fingerprint density at radius 1 is 1.29 bits per heavy atom. The monoisotopic (exact) mass is 311 g/mol. The lowest BCUT2D eigenvalue weighted by Gasteiger charge is -2.39. The Labute approximate surface area is 126 Å². The van der Waals surface area contributed by atoms with Crippen molar-refractivity contribution < 1.29 is 13.6 Å². The first kappa shape index (κ1) is 14.2. The first-order chi connectivity index (χ1) is 9.99. The van der Waals surface area contributed by atoms with Gasteiger partial charge in [0.2, 0.25) is 5.91 Å². The van der Waals surface area contributed by atoms with Crippen LogP contribution in [0.15, 0.2) is 12.1 Å². The van der Waals surface area contributed by atoms with E-state index in [0.29, 0.717) is 26.1 Å². The molecular weight excluding hydrogens is 296 g/mol. The van der Waals surface area contributed by atoms with E-state index in [0.717, 1.165) is 6.42 Å². The second-order valence-electron chi connectivity index (χ2n) is 5.35. The lowest BCUT2D eigenvalue weighted by atomic mass is 10.1. The fourth-order valence-electron chi connectivity index (χ4n) is 3.06. The molecular formula is C14H15F2N3OS. The first-order valence-electron chi connectivity index (χ1n) is 6.81. The van der Waals surface area contributed by atoms with Crippen LogP contribution in [0, 0.1) is 11.6 Å². The van der Waals surface area contributed by atoms with Crippen LogP contribution in [0.2, 0.25) is 0 Å². The second kappa shape index (κ2) is 5.22. The molecule has 2 aliphatic heterocycles. The van der Waals surface area contributed by atoms with Gasteiger partial charge >= 0.3 is 0 Å². The molecule has 1 amide bonds. The fourth-order valence-corrected chi connectivity index (χ4v) is 3.21. The van der Waals surface area contributed by atoms with Crippen LogP contribution >= 0.6 is 12.2 Å². The SMILES string of the molecule is NC(=S)c1ccc(N2CCN3C(=O)CCC3C2)c(F)c1F. The molecule has 0 aromatic heterocycles. The number of piperazine rings is 1. The van der Waals surface area contributed by atoms with Gasteiger partial charge < -0.3 is 15.5 Å². The minimum absolute atomic E-state index is 0.0825. The molecule has 2 fully saturated rings. The Balaban J connectivity index is 1.87. The van der Waals surface area contributed by atoms with Crippen LogP contribution in [0.4, 0.5) is 14.5 Å². The normalized spacial score (nSPS) is 21.6. The lowest BCUT2D eigenvalue weighted by Crippen LogP contribution is -2.51. The molecule has 1 aromatic rings. The molecule has 21 heavy (non-hydrogen) atoms. The molecule has 0 aliphatic carbocycles. The number of amides is 1. The summed E-state index contributed by atoms with van der Waals surface area (Å²) in [5, 5.41) is 0. The number of halogens is 2. The topological polar surface area (TPSA) is 49.6 Å². The van der Waals surface area contributed by atoms with Crippen molar-refractivity contribution in [2.75, 3.05) is 24.5 Å². The number of carbonyl (C=O) groups excluding carboxylic acids is 1. The molecule has 2 aliphatic rings. The summed E-state index contributed by atoms with van der Waals surface area (Å²) in [7, 11) is 0. The van der Waals surface area contributed by atoms with Gasteiger partial charge in [-0.3, -0.25) is 4.79 Å². The van der Waals surface area contributed by atoms with Gasteiger partial charge in [0.15, 0.2) is 11.6 Å². The summed E-state index contributed by atoms with van der Waals surface area (Å²) in [6.07, 6.45) is 1.31. The largest absolute Gasteiger partial charge is 0.389 e. The van der Waals surface area contributed by atoms with E-state index < -0.39 is 11.6 Å². The van der Waals surface area contributed by atoms with Crippen molar-refractivity contribution in [3.05, 3.63) is 29.3 Å². The van der Waals surface area contributed by atoms with E-state index in [2.05, 4.69) is 0 Å². The molecule has 2 heterocycles. The van der Waals surface area contributed by atoms with Crippen LogP contribution in [0.3, 0.4) is 0 Å². The maximum Gasteiger partial charge on any atom is 0.223 e. The third-order valence-electron chi connectivity index (χ3n) is 4.16. The predicted molar refractivity (Wildman–Crippen MR) is 79.2 cm³/mol. The number of nitrogens with two attached hydrogens (primary N) is 1. The molecule has 2 saturated heterocycles. The summed E-state index contributed by atoms with van der Waals surface area (Å²) in [5.74, 6) is -1.79. The zero-order valence-corrected chi connectivity index (χ0v) is 12.1. The average Bonchev–Trinajstić information content (AvgIpc) is 2.82. The van der Waals surface area contributed by atoms with Gasteiger partial charge in [-0.25, -0.2) is 8.78 Å². The van der Waals surface area contributed by atoms with Gasteiger partial charge in [-0.05, 0) is 18.6 Å². The summed E-state index contributed by atoms with van der Waals surface area (Å²) in [6.45, 7) is 1.56. The maximum atomic E-state index is 14.2. The van der Waals surface area contributed by atoms with Gasteiger partial charge in [-0.2, -0.15) is 0 Å². The molecule has 0 saturated carbocycles. The minimum atomic E-state index is -1.01. The Kier molecular flexibility index (Phi) is 3.52. The van der Waals surface area contributed by atoms with Crippen LogP contribution in [-0.2, 0) is 4.79 Å². The number of benzene rings is 1. The van der Waals surface area contributed by atoms with Gasteiger partial charge in [0.25, 0.3) is 0 Å². The molecule has 0 bridgehead atoms. The number of carbonyl (C=O) groups is 1. The van der Waals surface area contributed by atoms with Gasteiger partial charge in [-0.1, -0.05) is 12.2 Å². The van der Waals surface area contributed by atoms with E-state index in [-0.39, 0.29) is 28.2 Å². The summed E-state index contributed by atoms with van der Waals surface area (Å²) in [6, 6.07) is 2.99. The van der Waals surface area contributed by atoms with Crippen molar-refractivity contribution in [2.45, 2.75) is 18.9 Å². The van der Waals surface area contributed by atoms with Crippen LogP contribution in [-0.4, -0.2) is 41.5 Å². The van der Waals surface area contributed by atoms with Crippen LogP contribution in [0.1, 0.15) is 18.4 Å². The van der Waals surface area contributed by atoms with E-state index in [1.54, 1.807) is 4.90 Å². The molecule has 3 rings (SSSR count). The maximum absolute atomic E-state index is 14.2. The smallest absolute Gasteiger partial charge is 0.223 e. The summed E-state index contributed by atoms with van der Waals surface area (Å²) in [4.78, 5) is 15.1. The van der Waals surface area contributed by atoms with Gasteiger partial charge in [-0.15, -0.1) is 0 Å². The van der Waals surface area contributed by atoms with Crippen molar-refractivity contribution in [1.82, 2.24) is 4.90 Å². The lowest BCUT2D eigenvalue weighted by molar-refractivity contribution is -0.129. The fraction of sp³-hybridized carbons (Fsp3) is 0.429. The molecule has 4 nitrogen and oxygen atoms in total. The molecule has 2 N–H and O–H groups in total. The standard InChI is InChI=1S/C14H15F2N3OS/c15-12-9(14(17)21)2-3-10(13(12)16)18-5-6-19-8(7-18)1-4-11(19)20/h2-3,8H,1,4-7H2,(H2,17,21). The van der Waals surface area contributed by atoms with Crippen molar-refractivity contribution in [3.8, 4) is 0 Å². The zero-order chi connectivity index (χ0) is 15.1. The number of fused-ring (bicyclic) bond motifs is 1. The molecule has 7 heteroatoms. The van der Waals surface area contributed by atoms with Gasteiger partial charge in [0, 0.05) is 37.7 Å². The molecule has 1 unspecified atom stereocenters. The quantitative estimate of drug-likeness (QED) is 0.839. The highest BCUT2D eigenvalue weighted by atomic mass is 32.1. The van der Waals surface area contributed by atoms with E-state index in [4.69, 9.17) is 18.0 Å². The second-order valence-corrected chi connectivity index (χ2v) is 5.79. The number of rotatable bonds is 2. The van der Waals surface area contributed by atoms with E-state index in [9.17, 15) is 13.6 Å². The van der Waals surface area contributed by atoms with E-state index in [1.165, 1.54) is 12.1 Å². The van der Waals surface area contributed by atoms with Crippen molar-refractivity contribution in [3.63, 3.8) is 0 Å². The van der Waals surface area contributed by atoms with Gasteiger partial charge in [0.1, 0.15) is 4.99 Å². The third kappa shape index (κ3) is 2.35. The van der Waals surface area contributed by atoms with Crippen molar-refractivity contribution >= 4 is 28.8 Å². The Bertz CT molecular complexity index is 622. The Hall–Kier alpha value is -1.76. The average molecular weight is 311 g/mol. The van der Waals surface area contributed by atoms with Gasteiger partial charge in [0.05, 0.1) is 5.69 Å². The predicted octanol–water partition coefficient (Wildman–Crippen LogP) is 1.41. The Morgan fingerprint density at radius 2 is 2.05 bits per heavy atom. The molecule has 0 radical (unpaired) electrons. The minimum Gasteiger partial charge on any atom is -0.389 e. The molecule has 1 atom stereocenters. The van der Waals surface area contributed by atoms with Crippen LogP contribution in [0.5, 0.6) is 0 Å². The molecule has 112 valence electrons. The molecule has 0 spiro atoms. The third-order valence-corrected chi connectivity index (χ3v) is 4.38.